The van der Waals surface area contributed by atoms with Crippen LogP contribution in [0.1, 0.15) is 23.1 Å². The normalized spacial score (nSPS) is 14.7. The van der Waals surface area contributed by atoms with Gasteiger partial charge in [-0.05, 0) is 48.4 Å². The van der Waals surface area contributed by atoms with E-state index in [0.29, 0.717) is 6.42 Å². The molecule has 0 saturated heterocycles. The van der Waals surface area contributed by atoms with E-state index in [1.165, 1.54) is 11.1 Å². The van der Waals surface area contributed by atoms with E-state index in [0.717, 1.165) is 30.6 Å². The first kappa shape index (κ1) is 12.7. The lowest BCUT2D eigenvalue weighted by Gasteiger charge is -2.10. The molecule has 0 radical (unpaired) electrons. The van der Waals surface area contributed by atoms with Crippen LogP contribution in [0.3, 0.4) is 0 Å². The number of fused-ring (bicyclic) bond motifs is 1. The van der Waals surface area contributed by atoms with Crippen molar-refractivity contribution < 1.29 is 13.2 Å². The summed E-state index contributed by atoms with van der Waals surface area (Å²) in [6.07, 6.45) is 3.72. The Bertz CT molecular complexity index is 523. The highest BCUT2D eigenvalue weighted by atomic mass is 35.7. The fraction of sp³-hybridized carbons (Fsp3) is 0.500. The van der Waals surface area contributed by atoms with Crippen molar-refractivity contribution in [1.82, 2.24) is 0 Å². The minimum Gasteiger partial charge on any atom is -0.496 e. The summed E-state index contributed by atoms with van der Waals surface area (Å²) >= 11 is 0. The molecule has 1 aromatic rings. The van der Waals surface area contributed by atoms with Crippen molar-refractivity contribution in [3.63, 3.8) is 0 Å². The molecule has 94 valence electrons. The molecular weight excluding hydrogens is 260 g/mol. The van der Waals surface area contributed by atoms with Crippen LogP contribution in [0.25, 0.3) is 0 Å². The number of benzene rings is 1. The summed E-state index contributed by atoms with van der Waals surface area (Å²) in [5, 5.41) is 0. The van der Waals surface area contributed by atoms with Gasteiger partial charge in [-0.2, -0.15) is 0 Å². The molecule has 0 fully saturated rings. The van der Waals surface area contributed by atoms with Gasteiger partial charge >= 0.3 is 0 Å². The van der Waals surface area contributed by atoms with E-state index < -0.39 is 9.05 Å². The predicted molar refractivity (Wildman–Crippen MR) is 68.4 cm³/mol. The van der Waals surface area contributed by atoms with E-state index in [4.69, 9.17) is 15.4 Å². The number of halogens is 1. The average molecular weight is 275 g/mol. The van der Waals surface area contributed by atoms with Crippen LogP contribution in [0, 0.1) is 0 Å². The first-order valence-electron chi connectivity index (χ1n) is 5.60. The van der Waals surface area contributed by atoms with Crippen LogP contribution in [-0.4, -0.2) is 21.3 Å². The van der Waals surface area contributed by atoms with E-state index >= 15 is 0 Å². The van der Waals surface area contributed by atoms with E-state index in [1.54, 1.807) is 7.11 Å². The molecule has 1 aliphatic carbocycles. The maximum atomic E-state index is 11.0. The van der Waals surface area contributed by atoms with Crippen molar-refractivity contribution in [2.24, 2.45) is 0 Å². The van der Waals surface area contributed by atoms with Crippen LogP contribution in [0.4, 0.5) is 0 Å². The van der Waals surface area contributed by atoms with Crippen LogP contribution in [-0.2, 0) is 28.3 Å². The van der Waals surface area contributed by atoms with Crippen LogP contribution in [0.15, 0.2) is 12.1 Å². The molecule has 0 aliphatic heterocycles. The Morgan fingerprint density at radius 3 is 2.53 bits per heavy atom. The standard InChI is InChI=1S/C12H15ClO3S/c1-16-12-8-10-4-2-3-9(10)7-11(12)5-6-17(13,14)15/h7-8H,2-6H2,1H3. The molecule has 0 saturated carbocycles. The second-order valence-electron chi connectivity index (χ2n) is 4.28. The molecule has 2 rings (SSSR count). The number of hydrogen-bond donors (Lipinski definition) is 0. The quantitative estimate of drug-likeness (QED) is 0.792. The van der Waals surface area contributed by atoms with Crippen molar-refractivity contribution in [3.05, 3.63) is 28.8 Å². The monoisotopic (exact) mass is 274 g/mol. The number of methoxy groups -OCH3 is 1. The van der Waals surface area contributed by atoms with E-state index in [1.807, 2.05) is 6.07 Å². The van der Waals surface area contributed by atoms with Crippen LogP contribution in [0.5, 0.6) is 5.75 Å². The van der Waals surface area contributed by atoms with Crippen molar-refractivity contribution in [2.45, 2.75) is 25.7 Å². The van der Waals surface area contributed by atoms with Gasteiger partial charge in [-0.25, -0.2) is 8.42 Å². The first-order valence-corrected chi connectivity index (χ1v) is 8.08. The lowest BCUT2D eigenvalue weighted by molar-refractivity contribution is 0.409. The molecular formula is C12H15ClO3S. The van der Waals surface area contributed by atoms with Crippen LogP contribution in [0.2, 0.25) is 0 Å². The topological polar surface area (TPSA) is 43.4 Å². The van der Waals surface area contributed by atoms with Crippen molar-refractivity contribution >= 4 is 19.7 Å². The zero-order chi connectivity index (χ0) is 12.5. The maximum Gasteiger partial charge on any atom is 0.232 e. The second-order valence-corrected chi connectivity index (χ2v) is 7.18. The molecule has 0 bridgehead atoms. The van der Waals surface area contributed by atoms with Gasteiger partial charge in [-0.15, -0.1) is 0 Å². The van der Waals surface area contributed by atoms with Gasteiger partial charge in [0.15, 0.2) is 0 Å². The predicted octanol–water partition coefficient (Wildman–Crippen LogP) is 2.29. The SMILES string of the molecule is COc1cc2c(cc1CCS(=O)(=O)Cl)CCC2. The number of aryl methyl sites for hydroxylation is 3. The minimum absolute atomic E-state index is 0.0519. The van der Waals surface area contributed by atoms with Gasteiger partial charge in [0.1, 0.15) is 5.75 Å². The van der Waals surface area contributed by atoms with E-state index in [-0.39, 0.29) is 5.75 Å². The third-order valence-electron chi connectivity index (χ3n) is 3.11. The highest BCUT2D eigenvalue weighted by Gasteiger charge is 2.16. The molecule has 5 heteroatoms. The summed E-state index contributed by atoms with van der Waals surface area (Å²) in [6.45, 7) is 0. The Morgan fingerprint density at radius 1 is 1.29 bits per heavy atom. The van der Waals surface area contributed by atoms with Gasteiger partial charge in [-0.1, -0.05) is 6.07 Å². The second kappa shape index (κ2) is 4.86. The lowest BCUT2D eigenvalue weighted by atomic mass is 10.0. The van der Waals surface area contributed by atoms with Crippen LogP contribution >= 0.6 is 10.7 Å². The summed E-state index contributed by atoms with van der Waals surface area (Å²) in [5.41, 5.74) is 3.56. The summed E-state index contributed by atoms with van der Waals surface area (Å²) in [6, 6.07) is 4.09. The minimum atomic E-state index is -3.44. The largest absolute Gasteiger partial charge is 0.496 e. The lowest BCUT2D eigenvalue weighted by Crippen LogP contribution is -2.03. The Morgan fingerprint density at radius 2 is 1.94 bits per heavy atom. The molecule has 0 N–H and O–H groups in total. The Kier molecular flexibility index (Phi) is 3.64. The molecule has 0 atom stereocenters. The Balaban J connectivity index is 2.26. The highest BCUT2D eigenvalue weighted by Crippen LogP contribution is 2.30. The third kappa shape index (κ3) is 3.13. The van der Waals surface area contributed by atoms with Gasteiger partial charge in [0.05, 0.1) is 12.9 Å². The van der Waals surface area contributed by atoms with E-state index in [2.05, 4.69) is 6.07 Å². The van der Waals surface area contributed by atoms with Gasteiger partial charge in [-0.3, -0.25) is 0 Å². The molecule has 17 heavy (non-hydrogen) atoms. The summed E-state index contributed by atoms with van der Waals surface area (Å²) in [5.74, 6) is 0.718. The molecule has 0 heterocycles. The highest BCUT2D eigenvalue weighted by molar-refractivity contribution is 8.13. The van der Waals surface area contributed by atoms with Gasteiger partial charge in [0.25, 0.3) is 0 Å². The molecule has 1 aliphatic rings. The van der Waals surface area contributed by atoms with Gasteiger partial charge < -0.3 is 4.74 Å². The summed E-state index contributed by atoms with van der Waals surface area (Å²) < 4.78 is 27.2. The molecule has 1 aromatic carbocycles. The fourth-order valence-electron chi connectivity index (χ4n) is 2.27. The summed E-state index contributed by atoms with van der Waals surface area (Å²) in [4.78, 5) is 0. The maximum absolute atomic E-state index is 11.0. The molecule has 0 spiro atoms. The van der Waals surface area contributed by atoms with Crippen molar-refractivity contribution in [3.8, 4) is 5.75 Å². The zero-order valence-electron chi connectivity index (χ0n) is 9.70. The molecule has 0 aromatic heterocycles. The summed E-state index contributed by atoms with van der Waals surface area (Å²) in [7, 11) is 3.39. The molecule has 0 unspecified atom stereocenters. The smallest absolute Gasteiger partial charge is 0.232 e. The molecule has 0 amide bonds. The third-order valence-corrected chi connectivity index (χ3v) is 4.26. The van der Waals surface area contributed by atoms with Gasteiger partial charge in [0.2, 0.25) is 9.05 Å². The van der Waals surface area contributed by atoms with Gasteiger partial charge in [0, 0.05) is 10.7 Å². The Hall–Kier alpha value is -0.740. The number of rotatable bonds is 4. The van der Waals surface area contributed by atoms with Crippen LogP contribution < -0.4 is 4.74 Å². The fourth-order valence-corrected chi connectivity index (χ4v) is 2.96. The molecule has 3 nitrogen and oxygen atoms in total. The van der Waals surface area contributed by atoms with Crippen molar-refractivity contribution in [1.29, 1.82) is 0 Å². The zero-order valence-corrected chi connectivity index (χ0v) is 11.3. The number of hydrogen-bond acceptors (Lipinski definition) is 3. The Labute approximate surface area is 106 Å². The number of ether oxygens (including phenoxy) is 1. The average Bonchev–Trinajstić information content (AvgIpc) is 2.70. The first-order chi connectivity index (χ1) is 7.99. The van der Waals surface area contributed by atoms with E-state index in [9.17, 15) is 8.42 Å². The van der Waals surface area contributed by atoms with Crippen molar-refractivity contribution in [2.75, 3.05) is 12.9 Å².